The maximum Gasteiger partial charge on any atom is 0.327 e. The second-order valence-corrected chi connectivity index (χ2v) is 21.1. The lowest BCUT2D eigenvalue weighted by Gasteiger charge is -2.18. The molecule has 0 amide bonds. The number of carbonyl (C=O) groups is 1. The molecule has 0 aromatic carbocycles. The Morgan fingerprint density at radius 1 is 0.667 bits per heavy atom. The van der Waals surface area contributed by atoms with Crippen molar-refractivity contribution < 1.29 is 9.90 Å². The summed E-state index contributed by atoms with van der Waals surface area (Å²) in [5.74, 6) is -0.0885. The van der Waals surface area contributed by atoms with Crippen molar-refractivity contribution >= 4 is 124 Å². The van der Waals surface area contributed by atoms with E-state index in [0.29, 0.717) is 33.0 Å². The standard InChI is InChI=1S/C13H13BrClN3O.C13H14ClN3O.C9H11BrClN3.C5H4Cl2N2.C5H11N.C4H6O2/c1-7-9-6-16-13(15)17-11(9)18(12(19)10(7)14)8-4-2-3-5-8;1-8-6-11(18)17(9-4-2-3-5-9)12-10(8)7-15-13(14)16-12;10-7-5-12-9(11)14-8(7)13-6-3-1-2-4-6;1-3-2-8-5(7)9-4(3)6;6-5-3-1-2-4-5;1-2-3-4(5)6/h6,8H,2-5H2,1H3;6-7,9H,2-5H2,1H3;5-6H,1-4H2,(H,12,13,14);2H,1H3;5H,1-4,6H2;2-3H,1H3,(H,5,6)/b;;;;;3-2+. The van der Waals surface area contributed by atoms with E-state index in [0.717, 1.165) is 82.4 Å². The molecule has 6 aromatic heterocycles. The lowest BCUT2D eigenvalue weighted by Crippen LogP contribution is -2.26. The molecule has 0 aliphatic heterocycles. The molecule has 10 rings (SSSR count). The molecule has 72 heavy (non-hydrogen) atoms. The van der Waals surface area contributed by atoms with Gasteiger partial charge in [-0.3, -0.25) is 18.7 Å². The molecular weight excluding hydrogens is 1160 g/mol. The van der Waals surface area contributed by atoms with Gasteiger partial charge < -0.3 is 16.2 Å². The highest BCUT2D eigenvalue weighted by Crippen LogP contribution is 2.33. The minimum atomic E-state index is -0.891. The van der Waals surface area contributed by atoms with E-state index in [2.05, 4.69) is 77.0 Å². The maximum atomic E-state index is 12.5. The minimum absolute atomic E-state index is 0.0154. The summed E-state index contributed by atoms with van der Waals surface area (Å²) < 4.78 is 5.04. The summed E-state index contributed by atoms with van der Waals surface area (Å²) in [7, 11) is 0. The van der Waals surface area contributed by atoms with Crippen molar-refractivity contribution in [3.63, 3.8) is 0 Å². The fourth-order valence-corrected chi connectivity index (χ4v) is 10.2. The van der Waals surface area contributed by atoms with Crippen LogP contribution in [0.25, 0.3) is 22.1 Å². The van der Waals surface area contributed by atoms with Crippen molar-refractivity contribution in [2.24, 2.45) is 5.73 Å². The normalized spacial score (nSPS) is 15.9. The maximum absolute atomic E-state index is 12.5. The zero-order valence-electron chi connectivity index (χ0n) is 40.5. The smallest absolute Gasteiger partial charge is 0.327 e. The number of halogens is 7. The van der Waals surface area contributed by atoms with Crippen molar-refractivity contribution in [3.8, 4) is 0 Å². The molecule has 6 aromatic rings. The van der Waals surface area contributed by atoms with Gasteiger partial charge in [0.25, 0.3) is 11.1 Å². The number of pyridine rings is 2. The summed E-state index contributed by atoms with van der Waals surface area (Å²) in [6.45, 7) is 7.27. The number of anilines is 1. The number of aromatic nitrogens is 10. The average molecular weight is 1220 g/mol. The lowest BCUT2D eigenvalue weighted by atomic mass is 10.1. The fourth-order valence-electron chi connectivity index (χ4n) is 8.76. The number of nitrogens with one attached hydrogen (secondary N) is 1. The molecule has 0 atom stereocenters. The minimum Gasteiger partial charge on any atom is -0.478 e. The van der Waals surface area contributed by atoms with Gasteiger partial charge in [0.2, 0.25) is 21.1 Å². The number of fused-ring (bicyclic) bond motifs is 2. The predicted octanol–water partition coefficient (Wildman–Crippen LogP) is 13.4. The molecule has 388 valence electrons. The molecular formula is C49H59Br2Cl5N12O4. The highest BCUT2D eigenvalue weighted by molar-refractivity contribution is 9.10. The van der Waals surface area contributed by atoms with Gasteiger partial charge in [-0.2, -0.15) is 15.0 Å². The number of carboxylic acid groups (broad SMARTS) is 1. The molecule has 0 unspecified atom stereocenters. The van der Waals surface area contributed by atoms with E-state index in [1.54, 1.807) is 46.9 Å². The summed E-state index contributed by atoms with van der Waals surface area (Å²) >= 11 is 35.3. The molecule has 0 radical (unpaired) electrons. The van der Waals surface area contributed by atoms with Crippen molar-refractivity contribution in [1.29, 1.82) is 0 Å². The summed E-state index contributed by atoms with van der Waals surface area (Å²) in [5, 5.41) is 14.2. The van der Waals surface area contributed by atoms with Crippen LogP contribution in [0.5, 0.6) is 0 Å². The van der Waals surface area contributed by atoms with Crippen molar-refractivity contribution in [1.82, 2.24) is 49.0 Å². The van der Waals surface area contributed by atoms with Crippen LogP contribution in [0.4, 0.5) is 5.82 Å². The van der Waals surface area contributed by atoms with Crippen LogP contribution in [-0.4, -0.2) is 72.2 Å². The number of hydrogen-bond acceptors (Lipinski definition) is 13. The zero-order valence-corrected chi connectivity index (χ0v) is 47.5. The van der Waals surface area contributed by atoms with Crippen LogP contribution in [0.2, 0.25) is 26.3 Å². The molecule has 6 heterocycles. The third-order valence-electron chi connectivity index (χ3n) is 12.5. The van der Waals surface area contributed by atoms with Gasteiger partial charge in [-0.25, -0.2) is 29.7 Å². The predicted molar refractivity (Wildman–Crippen MR) is 296 cm³/mol. The van der Waals surface area contributed by atoms with Crippen LogP contribution in [0.1, 0.15) is 138 Å². The van der Waals surface area contributed by atoms with Crippen molar-refractivity contribution in [2.75, 3.05) is 5.32 Å². The Kier molecular flexibility index (Phi) is 24.0. The van der Waals surface area contributed by atoms with Gasteiger partial charge in [-0.1, -0.05) is 69.0 Å². The molecule has 0 spiro atoms. The molecule has 4 saturated carbocycles. The SMILES string of the molecule is C/C=C/C(=O)O.Cc1c(Br)c(=O)n(C2CCCC2)c2nc(Cl)ncc12.Cc1cc(=O)n(C2CCCC2)c2nc(Cl)ncc12.Cc1cnc(Cl)nc1Cl.Clc1ncc(Br)c(NC2CCCC2)n1.NC1CCCC1. The molecule has 4 aliphatic carbocycles. The van der Waals surface area contributed by atoms with E-state index in [9.17, 15) is 14.4 Å². The quantitative estimate of drug-likeness (QED) is 0.0830. The number of allylic oxidation sites excluding steroid dienone is 1. The van der Waals surface area contributed by atoms with Crippen LogP contribution in [-0.2, 0) is 4.79 Å². The van der Waals surface area contributed by atoms with Crippen LogP contribution in [0, 0.1) is 20.8 Å². The summed E-state index contributed by atoms with van der Waals surface area (Å²) in [5.41, 5.74) is 9.46. The van der Waals surface area contributed by atoms with Crippen molar-refractivity contribution in [2.45, 2.75) is 155 Å². The number of aryl methyl sites for hydroxylation is 3. The number of hydrogen-bond donors (Lipinski definition) is 3. The fraction of sp³-hybridized carbons (Fsp3) is 0.490. The van der Waals surface area contributed by atoms with Crippen LogP contribution in [0.3, 0.4) is 0 Å². The zero-order chi connectivity index (χ0) is 52.5. The first-order chi connectivity index (χ1) is 34.4. The van der Waals surface area contributed by atoms with Gasteiger partial charge in [-0.05, 0) is 168 Å². The van der Waals surface area contributed by atoms with Gasteiger partial charge in [0, 0.05) is 77.4 Å². The van der Waals surface area contributed by atoms with Gasteiger partial charge in [0.1, 0.15) is 22.3 Å². The highest BCUT2D eigenvalue weighted by Gasteiger charge is 2.24. The monoisotopic (exact) mass is 1210 g/mol. The summed E-state index contributed by atoms with van der Waals surface area (Å²) in [6.07, 6.45) is 28.3. The van der Waals surface area contributed by atoms with Crippen LogP contribution >= 0.6 is 89.9 Å². The summed E-state index contributed by atoms with van der Waals surface area (Å²) in [6, 6.07) is 3.23. The van der Waals surface area contributed by atoms with E-state index < -0.39 is 5.97 Å². The molecule has 4 N–H and O–H groups in total. The summed E-state index contributed by atoms with van der Waals surface area (Å²) in [4.78, 5) is 66.2. The second-order valence-electron chi connectivity index (χ2n) is 17.7. The Labute approximate surface area is 460 Å². The molecule has 16 nitrogen and oxygen atoms in total. The highest BCUT2D eigenvalue weighted by atomic mass is 79.9. The third-order valence-corrected chi connectivity index (χ3v) is 15.1. The van der Waals surface area contributed by atoms with E-state index in [1.165, 1.54) is 70.3 Å². The molecule has 4 fully saturated rings. The molecule has 23 heteroatoms. The Morgan fingerprint density at radius 2 is 1.14 bits per heavy atom. The third kappa shape index (κ3) is 17.4. The average Bonchev–Trinajstić information content (AvgIpc) is 4.21. The van der Waals surface area contributed by atoms with Crippen molar-refractivity contribution in [3.05, 3.63) is 116 Å². The Bertz CT molecular complexity index is 2920. The van der Waals surface area contributed by atoms with Gasteiger partial charge in [-0.15, -0.1) is 0 Å². The molecule has 0 bridgehead atoms. The van der Waals surface area contributed by atoms with E-state index in [4.69, 9.17) is 68.8 Å². The number of nitrogens with zero attached hydrogens (tertiary/aromatic N) is 10. The topological polar surface area (TPSA) is 222 Å². The number of carboxylic acids is 1. The number of aliphatic carboxylic acids is 1. The van der Waals surface area contributed by atoms with E-state index in [1.807, 2.05) is 20.8 Å². The lowest BCUT2D eigenvalue weighted by molar-refractivity contribution is -0.131. The largest absolute Gasteiger partial charge is 0.478 e. The number of rotatable bonds is 5. The van der Waals surface area contributed by atoms with Crippen LogP contribution in [0.15, 0.2) is 61.5 Å². The van der Waals surface area contributed by atoms with Gasteiger partial charge >= 0.3 is 5.97 Å². The van der Waals surface area contributed by atoms with Gasteiger partial charge in [0.05, 0.1) is 8.95 Å². The number of nitrogens with two attached hydrogens (primary N) is 1. The first-order valence-corrected chi connectivity index (χ1v) is 27.3. The first-order valence-electron chi connectivity index (χ1n) is 23.9. The van der Waals surface area contributed by atoms with E-state index in [-0.39, 0.29) is 44.3 Å². The Hall–Kier alpha value is -3.88. The first kappa shape index (κ1) is 59.0. The second kappa shape index (κ2) is 29.3. The van der Waals surface area contributed by atoms with E-state index >= 15 is 0 Å². The van der Waals surface area contributed by atoms with Crippen LogP contribution < -0.4 is 22.2 Å². The molecule has 4 aliphatic rings. The Morgan fingerprint density at radius 3 is 1.64 bits per heavy atom. The molecule has 0 saturated heterocycles. The Balaban J connectivity index is 0.000000169. The van der Waals surface area contributed by atoms with Gasteiger partial charge in [0.15, 0.2) is 0 Å².